The van der Waals surface area contributed by atoms with E-state index in [4.69, 9.17) is 0 Å². The third-order valence-electron chi connectivity index (χ3n) is 4.68. The molecular formula is C23H23N3O3. The number of nitrogens with one attached hydrogen (secondary N) is 1. The van der Waals surface area contributed by atoms with Gasteiger partial charge < -0.3 is 15.5 Å². The second-order valence-electron chi connectivity index (χ2n) is 7.07. The van der Waals surface area contributed by atoms with Gasteiger partial charge in [-0.05, 0) is 43.5 Å². The van der Waals surface area contributed by atoms with Gasteiger partial charge in [0.05, 0.1) is 11.1 Å². The Morgan fingerprint density at radius 1 is 1.14 bits per heavy atom. The van der Waals surface area contributed by atoms with E-state index in [-0.39, 0.29) is 29.2 Å². The van der Waals surface area contributed by atoms with Crippen molar-refractivity contribution in [3.05, 3.63) is 77.4 Å². The van der Waals surface area contributed by atoms with Gasteiger partial charge in [-0.1, -0.05) is 35.9 Å². The Morgan fingerprint density at radius 3 is 2.48 bits per heavy atom. The molecule has 1 aromatic heterocycles. The first-order valence-corrected chi connectivity index (χ1v) is 9.14. The van der Waals surface area contributed by atoms with Gasteiger partial charge in [-0.2, -0.15) is 0 Å². The van der Waals surface area contributed by atoms with Gasteiger partial charge in [-0.3, -0.25) is 4.79 Å². The van der Waals surface area contributed by atoms with Gasteiger partial charge in [-0.15, -0.1) is 0 Å². The smallest absolute Gasteiger partial charge is 0.255 e. The van der Waals surface area contributed by atoms with Crippen LogP contribution in [0.25, 0.3) is 16.7 Å². The Bertz CT molecular complexity index is 1090. The summed E-state index contributed by atoms with van der Waals surface area (Å²) in [4.78, 5) is 20.7. The van der Waals surface area contributed by atoms with Crippen LogP contribution in [0.4, 0.5) is 0 Å². The van der Waals surface area contributed by atoms with Gasteiger partial charge in [0, 0.05) is 24.5 Å². The minimum atomic E-state index is -0.449. The van der Waals surface area contributed by atoms with Gasteiger partial charge in [0.1, 0.15) is 17.8 Å². The summed E-state index contributed by atoms with van der Waals surface area (Å²) in [5, 5.41) is 24.4. The van der Waals surface area contributed by atoms with E-state index in [0.717, 1.165) is 22.3 Å². The maximum atomic E-state index is 12.8. The number of aromatic nitrogens is 2. The number of carbonyl (C=O) groups excluding carboxylic acids is 1. The Hall–Kier alpha value is -3.67. The molecule has 0 atom stereocenters. The van der Waals surface area contributed by atoms with Gasteiger partial charge in [0.15, 0.2) is 0 Å². The highest BCUT2D eigenvalue weighted by Gasteiger charge is 2.23. The lowest BCUT2D eigenvalue weighted by Gasteiger charge is -2.18. The first kappa shape index (κ1) is 20.1. The Morgan fingerprint density at radius 2 is 1.83 bits per heavy atom. The molecule has 0 radical (unpaired) electrons. The average molecular weight is 389 g/mol. The van der Waals surface area contributed by atoms with Crippen molar-refractivity contribution in [3.63, 3.8) is 0 Å². The van der Waals surface area contributed by atoms with Gasteiger partial charge in [0.2, 0.25) is 0 Å². The molecule has 3 rings (SSSR count). The number of rotatable bonds is 5. The number of benzene rings is 2. The van der Waals surface area contributed by atoms with Gasteiger partial charge >= 0.3 is 0 Å². The highest BCUT2D eigenvalue weighted by molar-refractivity contribution is 6.02. The molecule has 0 aliphatic heterocycles. The fraction of sp³-hybridized carbons (Fsp3) is 0.174. The van der Waals surface area contributed by atoms with Crippen LogP contribution in [0.3, 0.4) is 0 Å². The predicted octanol–water partition coefficient (Wildman–Crippen LogP) is 4.13. The topological polar surface area (TPSA) is 95.3 Å². The molecule has 3 N–H and O–H groups in total. The number of nitrogens with zero attached hydrogens (tertiary/aromatic N) is 2. The van der Waals surface area contributed by atoms with Crippen molar-refractivity contribution in [2.75, 3.05) is 0 Å². The first-order valence-electron chi connectivity index (χ1n) is 9.14. The molecule has 0 aliphatic rings. The number of hydrogen-bond acceptors (Lipinski definition) is 5. The van der Waals surface area contributed by atoms with Crippen molar-refractivity contribution in [2.24, 2.45) is 0 Å². The number of aromatic hydroxyl groups is 2. The summed E-state index contributed by atoms with van der Waals surface area (Å²) < 4.78 is 0. The summed E-state index contributed by atoms with van der Waals surface area (Å²) in [6, 6.07) is 7.17. The van der Waals surface area contributed by atoms with E-state index in [9.17, 15) is 15.0 Å². The number of aryl methyl sites for hydroxylation is 2. The molecule has 0 fully saturated rings. The molecule has 3 aromatic rings. The second kappa shape index (κ2) is 8.14. The standard InChI is InChI=1S/C23H23N3O3/c1-13(2)17-6-5-14(3)7-18(17)21-19(27)8-15(4)20(22(21)28)23(29)26-11-16-9-24-12-25-10-16/h5-10,12,27-28H,1,11H2,2-4H3,(H,26,29). The zero-order chi connectivity index (χ0) is 21.1. The molecule has 0 aliphatic carbocycles. The van der Waals surface area contributed by atoms with Crippen LogP contribution in [0.1, 0.15) is 39.5 Å². The molecule has 0 saturated heterocycles. The summed E-state index contributed by atoms with van der Waals surface area (Å²) in [6.45, 7) is 9.64. The molecule has 6 nitrogen and oxygen atoms in total. The van der Waals surface area contributed by atoms with E-state index < -0.39 is 5.91 Å². The monoisotopic (exact) mass is 389 g/mol. The number of phenolic OH excluding ortho intramolecular Hbond substituents is 2. The molecule has 1 amide bonds. The van der Waals surface area contributed by atoms with E-state index in [1.54, 1.807) is 19.3 Å². The van der Waals surface area contributed by atoms with Crippen LogP contribution in [0.15, 0.2) is 49.6 Å². The molecule has 1 heterocycles. The number of carbonyl (C=O) groups is 1. The zero-order valence-electron chi connectivity index (χ0n) is 16.7. The highest BCUT2D eigenvalue weighted by atomic mass is 16.3. The molecule has 6 heteroatoms. The maximum absolute atomic E-state index is 12.8. The normalized spacial score (nSPS) is 10.6. The Labute approximate surface area is 169 Å². The molecule has 29 heavy (non-hydrogen) atoms. The Kier molecular flexibility index (Phi) is 5.64. The van der Waals surface area contributed by atoms with E-state index in [1.807, 2.05) is 32.0 Å². The SMILES string of the molecule is C=C(C)c1ccc(C)cc1-c1c(O)cc(C)c(C(=O)NCc2cncnc2)c1O. The van der Waals surface area contributed by atoms with E-state index >= 15 is 0 Å². The van der Waals surface area contributed by atoms with Crippen LogP contribution in [-0.4, -0.2) is 26.1 Å². The van der Waals surface area contributed by atoms with Crippen LogP contribution >= 0.6 is 0 Å². The molecule has 0 unspecified atom stereocenters. The summed E-state index contributed by atoms with van der Waals surface area (Å²) >= 11 is 0. The maximum Gasteiger partial charge on any atom is 0.255 e. The van der Waals surface area contributed by atoms with Crippen molar-refractivity contribution in [1.82, 2.24) is 15.3 Å². The summed E-state index contributed by atoms with van der Waals surface area (Å²) in [5.74, 6) is -0.812. The van der Waals surface area contributed by atoms with E-state index in [0.29, 0.717) is 11.1 Å². The highest BCUT2D eigenvalue weighted by Crippen LogP contribution is 2.44. The number of hydrogen-bond donors (Lipinski definition) is 3. The van der Waals surface area contributed by atoms with Gasteiger partial charge in [0.25, 0.3) is 5.91 Å². The molecule has 0 spiro atoms. The fourth-order valence-electron chi connectivity index (χ4n) is 3.26. The predicted molar refractivity (Wildman–Crippen MR) is 113 cm³/mol. The number of amides is 1. The van der Waals surface area contributed by atoms with Crippen molar-refractivity contribution in [1.29, 1.82) is 0 Å². The number of phenols is 2. The summed E-state index contributed by atoms with van der Waals surface area (Å²) in [7, 11) is 0. The molecular weight excluding hydrogens is 366 g/mol. The summed E-state index contributed by atoms with van der Waals surface area (Å²) in [6.07, 6.45) is 4.62. The molecule has 148 valence electrons. The Balaban J connectivity index is 2.07. The minimum Gasteiger partial charge on any atom is -0.507 e. The minimum absolute atomic E-state index is 0.0962. The van der Waals surface area contributed by atoms with E-state index in [1.165, 1.54) is 12.4 Å². The third kappa shape index (κ3) is 4.11. The second-order valence-corrected chi connectivity index (χ2v) is 7.07. The van der Waals surface area contributed by atoms with Crippen LogP contribution < -0.4 is 5.32 Å². The molecule has 0 saturated carbocycles. The lowest BCUT2D eigenvalue weighted by molar-refractivity contribution is 0.0947. The van der Waals surface area contributed by atoms with Crippen LogP contribution in [0.2, 0.25) is 0 Å². The van der Waals surface area contributed by atoms with Crippen LogP contribution in [0.5, 0.6) is 11.5 Å². The van der Waals surface area contributed by atoms with Crippen LogP contribution in [0, 0.1) is 13.8 Å². The lowest BCUT2D eigenvalue weighted by Crippen LogP contribution is -2.24. The molecule has 2 aromatic carbocycles. The quantitative estimate of drug-likeness (QED) is 0.610. The van der Waals surface area contributed by atoms with Crippen molar-refractivity contribution in [3.8, 4) is 22.6 Å². The van der Waals surface area contributed by atoms with Crippen molar-refractivity contribution in [2.45, 2.75) is 27.3 Å². The zero-order valence-corrected chi connectivity index (χ0v) is 16.7. The number of allylic oxidation sites excluding steroid dienone is 1. The lowest BCUT2D eigenvalue weighted by atomic mass is 9.90. The van der Waals surface area contributed by atoms with E-state index in [2.05, 4.69) is 21.9 Å². The van der Waals surface area contributed by atoms with Crippen LogP contribution in [-0.2, 0) is 6.54 Å². The van der Waals surface area contributed by atoms with Gasteiger partial charge in [-0.25, -0.2) is 9.97 Å². The first-order chi connectivity index (χ1) is 13.8. The van der Waals surface area contributed by atoms with Crippen molar-refractivity contribution >= 4 is 11.5 Å². The third-order valence-corrected chi connectivity index (χ3v) is 4.68. The average Bonchev–Trinajstić information content (AvgIpc) is 2.66. The fourth-order valence-corrected chi connectivity index (χ4v) is 3.26. The molecule has 0 bridgehead atoms. The largest absolute Gasteiger partial charge is 0.507 e. The van der Waals surface area contributed by atoms with Crippen molar-refractivity contribution < 1.29 is 15.0 Å². The summed E-state index contributed by atoms with van der Waals surface area (Å²) in [5.41, 5.74) is 4.69.